The molecule has 5 nitrogen and oxygen atoms in total. The minimum atomic E-state index is -0.151. The Balaban J connectivity index is 1.25. The molecule has 0 radical (unpaired) electrons. The van der Waals surface area contributed by atoms with Crippen molar-refractivity contribution in [2.45, 2.75) is 72.6 Å². The Morgan fingerprint density at radius 1 is 1.25 bits per heavy atom. The first-order chi connectivity index (χ1) is 17.3. The zero-order chi connectivity index (χ0) is 25.1. The number of aryl methyl sites for hydroxylation is 1. The number of hydrogen-bond donors (Lipinski definition) is 1. The summed E-state index contributed by atoms with van der Waals surface area (Å²) in [6.45, 7) is 9.53. The number of aromatic nitrogens is 2. The van der Waals surface area contributed by atoms with E-state index in [0.29, 0.717) is 23.9 Å². The molecule has 0 bridgehead atoms. The maximum Gasteiger partial charge on any atom is 0.302 e. The molecule has 2 saturated carbocycles. The summed E-state index contributed by atoms with van der Waals surface area (Å²) in [6.07, 6.45) is 15.0. The number of carbonyl (C=O) groups excluding carboxylic acids is 1. The number of nitrogens with one attached hydrogen (secondary N) is 1. The molecule has 6 rings (SSSR count). The molecule has 2 fully saturated rings. The fourth-order valence-corrected chi connectivity index (χ4v) is 10.0. The minimum Gasteiger partial charge on any atom is -0.466 e. The molecule has 192 valence electrons. The van der Waals surface area contributed by atoms with Gasteiger partial charge in [-0.15, -0.1) is 0 Å². The van der Waals surface area contributed by atoms with Crippen molar-refractivity contribution >= 4 is 33.7 Å². The van der Waals surface area contributed by atoms with Gasteiger partial charge in [0.05, 0.1) is 29.1 Å². The largest absolute Gasteiger partial charge is 0.466 e. The number of fused-ring (bicyclic) bond motifs is 7. The van der Waals surface area contributed by atoms with Gasteiger partial charge in [-0.1, -0.05) is 38.2 Å². The Bertz CT molecular complexity index is 1180. The van der Waals surface area contributed by atoms with Gasteiger partial charge in [-0.2, -0.15) is 0 Å². The van der Waals surface area contributed by atoms with Crippen molar-refractivity contribution < 1.29 is 9.53 Å². The van der Waals surface area contributed by atoms with Gasteiger partial charge in [-0.05, 0) is 103 Å². The van der Waals surface area contributed by atoms with Crippen LogP contribution in [0.5, 0.6) is 0 Å². The number of pyridine rings is 1. The average Bonchev–Trinajstić information content (AvgIpc) is 3.43. The summed E-state index contributed by atoms with van der Waals surface area (Å²) >= 11 is 1.82. The molecule has 7 atom stereocenters. The van der Waals surface area contributed by atoms with Gasteiger partial charge in [0.15, 0.2) is 5.13 Å². The molecule has 0 aliphatic heterocycles. The van der Waals surface area contributed by atoms with Crippen molar-refractivity contribution in [3.05, 3.63) is 41.2 Å². The second-order valence-electron chi connectivity index (χ2n) is 12.3. The summed E-state index contributed by atoms with van der Waals surface area (Å²) in [5.41, 5.74) is 4.46. The lowest BCUT2D eigenvalue weighted by Gasteiger charge is -2.57. The molecule has 2 aromatic rings. The molecular formula is C30H39N3O2S. The van der Waals surface area contributed by atoms with Crippen molar-refractivity contribution in [3.63, 3.8) is 0 Å². The summed E-state index contributed by atoms with van der Waals surface area (Å²) in [7, 11) is 0. The minimum absolute atomic E-state index is 0.151. The molecule has 0 unspecified atom stereocenters. The van der Waals surface area contributed by atoms with E-state index in [1.165, 1.54) is 56.0 Å². The van der Waals surface area contributed by atoms with E-state index >= 15 is 0 Å². The highest BCUT2D eigenvalue weighted by Gasteiger charge is 2.59. The Morgan fingerprint density at radius 3 is 2.89 bits per heavy atom. The van der Waals surface area contributed by atoms with E-state index in [4.69, 9.17) is 9.72 Å². The number of allylic oxidation sites excluding steroid dienone is 2. The van der Waals surface area contributed by atoms with Gasteiger partial charge >= 0.3 is 5.97 Å². The van der Waals surface area contributed by atoms with E-state index in [1.807, 2.05) is 29.7 Å². The summed E-state index contributed by atoms with van der Waals surface area (Å²) < 4.78 is 5.45. The van der Waals surface area contributed by atoms with Crippen molar-refractivity contribution in [1.82, 2.24) is 9.97 Å². The van der Waals surface area contributed by atoms with E-state index in [9.17, 15) is 4.79 Å². The number of esters is 1. The summed E-state index contributed by atoms with van der Waals surface area (Å²) in [5, 5.41) is 4.46. The first kappa shape index (κ1) is 24.1. The number of ether oxygens (including phenoxy) is 1. The molecule has 0 aromatic carbocycles. The van der Waals surface area contributed by atoms with Crippen molar-refractivity contribution in [1.29, 1.82) is 0 Å². The highest BCUT2D eigenvalue weighted by Crippen LogP contribution is 2.68. The number of hydrogen-bond acceptors (Lipinski definition) is 6. The monoisotopic (exact) mass is 505 g/mol. The van der Waals surface area contributed by atoms with E-state index in [1.54, 1.807) is 11.8 Å². The first-order valence-electron chi connectivity index (χ1n) is 13.8. The maximum atomic E-state index is 11.4. The molecule has 4 aliphatic rings. The molecule has 0 saturated heterocycles. The maximum absolute atomic E-state index is 11.4. The molecule has 0 spiro atoms. The van der Waals surface area contributed by atoms with Gasteiger partial charge in [-0.3, -0.25) is 9.78 Å². The Labute approximate surface area is 219 Å². The SMILES string of the molecule is CC(=O)OC[C@@H](C)[C@H]1CC[C@H]2[C@@H]3CC=C4c5sc(Nc6cccnc6)nc5CC[C@]4(C)[C@H]3CC[C@]12C. The molecular weight excluding hydrogens is 466 g/mol. The zero-order valence-corrected chi connectivity index (χ0v) is 22.9. The van der Waals surface area contributed by atoms with Crippen molar-refractivity contribution in [2.24, 2.45) is 40.4 Å². The number of carbonyl (C=O) groups is 1. The predicted octanol–water partition coefficient (Wildman–Crippen LogP) is 7.28. The summed E-state index contributed by atoms with van der Waals surface area (Å²) in [4.78, 5) is 22.1. The quantitative estimate of drug-likeness (QED) is 0.433. The Morgan fingerprint density at radius 2 is 2.11 bits per heavy atom. The normalized spacial score (nSPS) is 35.5. The highest BCUT2D eigenvalue weighted by atomic mass is 32.1. The zero-order valence-electron chi connectivity index (χ0n) is 22.0. The first-order valence-corrected chi connectivity index (χ1v) is 14.6. The fourth-order valence-electron chi connectivity index (χ4n) is 8.83. The van der Waals surface area contributed by atoms with Gasteiger partial charge in [-0.25, -0.2) is 4.98 Å². The smallest absolute Gasteiger partial charge is 0.302 e. The van der Waals surface area contributed by atoms with Crippen LogP contribution >= 0.6 is 11.3 Å². The van der Waals surface area contributed by atoms with Crippen LogP contribution in [0.1, 0.15) is 76.8 Å². The third-order valence-electron chi connectivity index (χ3n) is 10.5. The molecule has 6 heteroatoms. The molecule has 0 amide bonds. The van der Waals surface area contributed by atoms with Gasteiger partial charge in [0.2, 0.25) is 0 Å². The van der Waals surface area contributed by atoms with Crippen LogP contribution in [0.2, 0.25) is 0 Å². The van der Waals surface area contributed by atoms with E-state index in [2.05, 4.69) is 37.1 Å². The topological polar surface area (TPSA) is 64.1 Å². The van der Waals surface area contributed by atoms with Gasteiger partial charge in [0.25, 0.3) is 0 Å². The third-order valence-corrected chi connectivity index (χ3v) is 11.6. The van der Waals surface area contributed by atoms with E-state index < -0.39 is 0 Å². The van der Waals surface area contributed by atoms with Crippen LogP contribution in [0.4, 0.5) is 10.8 Å². The standard InChI is InChI=1S/C30H39N3O2S/c1-18(17-35-19(2)34)22-9-10-23-21-7-8-25-27-26(33-28(36-27)32-20-6-5-15-31-16-20)12-14-30(25,4)24(21)11-13-29(22,23)3/h5-6,8,15-16,18,21-24H,7,9-14,17H2,1-4H3,(H,32,33)/t18-,21+,22-,23+,24+,29-,30-/m1/s1. The summed E-state index contributed by atoms with van der Waals surface area (Å²) in [5.74, 6) is 3.24. The molecule has 4 aliphatic carbocycles. The van der Waals surface area contributed by atoms with Crippen LogP contribution in [0.3, 0.4) is 0 Å². The van der Waals surface area contributed by atoms with Crippen molar-refractivity contribution in [3.8, 4) is 0 Å². The lowest BCUT2D eigenvalue weighted by Crippen LogP contribution is -2.50. The number of anilines is 2. The summed E-state index contributed by atoms with van der Waals surface area (Å²) in [6, 6.07) is 4.00. The Kier molecular flexibility index (Phi) is 6.01. The average molecular weight is 506 g/mol. The van der Waals surface area contributed by atoms with E-state index in [-0.39, 0.29) is 11.4 Å². The van der Waals surface area contributed by atoms with Crippen LogP contribution in [0.25, 0.3) is 5.57 Å². The second-order valence-corrected chi connectivity index (χ2v) is 13.3. The van der Waals surface area contributed by atoms with Crippen LogP contribution in [-0.4, -0.2) is 22.5 Å². The van der Waals surface area contributed by atoms with Crippen LogP contribution < -0.4 is 5.32 Å². The lowest BCUT2D eigenvalue weighted by atomic mass is 9.47. The van der Waals surface area contributed by atoms with Crippen molar-refractivity contribution in [2.75, 3.05) is 11.9 Å². The molecule has 2 heterocycles. The van der Waals surface area contributed by atoms with E-state index in [0.717, 1.165) is 35.0 Å². The number of nitrogens with zero attached hydrogens (tertiary/aromatic N) is 2. The molecule has 36 heavy (non-hydrogen) atoms. The van der Waals surface area contributed by atoms with Crippen LogP contribution in [-0.2, 0) is 16.0 Å². The fraction of sp³-hybridized carbons (Fsp3) is 0.633. The molecule has 2 aromatic heterocycles. The van der Waals surface area contributed by atoms with Gasteiger partial charge in [0, 0.05) is 13.1 Å². The predicted molar refractivity (Wildman–Crippen MR) is 145 cm³/mol. The van der Waals surface area contributed by atoms with Crippen LogP contribution in [0, 0.1) is 40.4 Å². The van der Waals surface area contributed by atoms with Gasteiger partial charge in [0.1, 0.15) is 0 Å². The second kappa shape index (κ2) is 8.97. The van der Waals surface area contributed by atoms with Crippen LogP contribution in [0.15, 0.2) is 30.6 Å². The van der Waals surface area contributed by atoms with Gasteiger partial charge < -0.3 is 10.1 Å². The highest BCUT2D eigenvalue weighted by molar-refractivity contribution is 7.16. The third kappa shape index (κ3) is 3.82. The Hall–Kier alpha value is -2.21. The number of thiazole rings is 1. The lowest BCUT2D eigenvalue weighted by molar-refractivity contribution is -0.143. The number of rotatable bonds is 5. The molecule has 1 N–H and O–H groups in total.